The molecule has 1 N–H and O–H groups in total. The van der Waals surface area contributed by atoms with Crippen LogP contribution in [-0.4, -0.2) is 27.5 Å². The predicted octanol–water partition coefficient (Wildman–Crippen LogP) is 1.99. The summed E-state index contributed by atoms with van der Waals surface area (Å²) in [5.74, 6) is -1.37. The van der Waals surface area contributed by atoms with Crippen molar-refractivity contribution in [3.05, 3.63) is 35.6 Å². The zero-order chi connectivity index (χ0) is 15.8. The van der Waals surface area contributed by atoms with Gasteiger partial charge in [0.1, 0.15) is 11.9 Å². The Morgan fingerprint density at radius 1 is 1.27 bits per heavy atom. The maximum atomic E-state index is 14.0. The number of benzene rings is 1. The van der Waals surface area contributed by atoms with E-state index in [-0.39, 0.29) is 5.56 Å². The van der Waals surface area contributed by atoms with Gasteiger partial charge in [-0.25, -0.2) is 8.57 Å². The second kappa shape index (κ2) is 5.86. The molecular formula is C14H18FNO5S. The lowest BCUT2D eigenvalue weighted by molar-refractivity contribution is -0.188. The first-order valence-corrected chi connectivity index (χ1v) is 8.57. The molecule has 2 unspecified atom stereocenters. The summed E-state index contributed by atoms with van der Waals surface area (Å²) >= 11 is 0. The van der Waals surface area contributed by atoms with Crippen LogP contribution in [0, 0.1) is 5.82 Å². The number of nitrogens with one attached hydrogen (secondary N) is 1. The van der Waals surface area contributed by atoms with E-state index in [2.05, 4.69) is 4.72 Å². The Kier molecular flexibility index (Phi) is 4.21. The van der Waals surface area contributed by atoms with E-state index in [0.29, 0.717) is 12.8 Å². The van der Waals surface area contributed by atoms with Crippen molar-refractivity contribution in [3.63, 3.8) is 0 Å². The summed E-state index contributed by atoms with van der Waals surface area (Å²) in [6, 6.07) is 6.05. The molecule has 6 nitrogen and oxygen atoms in total. The van der Waals surface area contributed by atoms with Crippen molar-refractivity contribution in [2.75, 3.05) is 7.05 Å². The van der Waals surface area contributed by atoms with Crippen LogP contribution in [-0.2, 0) is 24.0 Å². The Morgan fingerprint density at radius 2 is 1.95 bits per heavy atom. The van der Waals surface area contributed by atoms with Crippen LogP contribution in [0.4, 0.5) is 4.39 Å². The molecular weight excluding hydrogens is 313 g/mol. The van der Waals surface area contributed by atoms with E-state index < -0.39 is 34.3 Å². The van der Waals surface area contributed by atoms with Gasteiger partial charge >= 0.3 is 10.3 Å². The molecule has 3 rings (SSSR count). The smallest absolute Gasteiger partial charge is 0.336 e. The molecule has 1 saturated carbocycles. The molecule has 0 bridgehead atoms. The average Bonchev–Trinajstić information content (AvgIpc) is 3.07. The Hall–Kier alpha value is -1.06. The lowest BCUT2D eigenvalue weighted by Crippen LogP contribution is -2.32. The minimum atomic E-state index is -3.98. The molecule has 0 aromatic heterocycles. The average molecular weight is 331 g/mol. The summed E-state index contributed by atoms with van der Waals surface area (Å²) in [6.07, 6.45) is 0.953. The maximum Gasteiger partial charge on any atom is 0.338 e. The van der Waals surface area contributed by atoms with Crippen molar-refractivity contribution >= 4 is 10.3 Å². The number of hydrogen-bond donors (Lipinski definition) is 1. The molecule has 22 heavy (non-hydrogen) atoms. The molecule has 1 heterocycles. The van der Waals surface area contributed by atoms with Crippen molar-refractivity contribution in [2.24, 2.45) is 0 Å². The van der Waals surface area contributed by atoms with E-state index >= 15 is 0 Å². The minimum Gasteiger partial charge on any atom is -0.336 e. The van der Waals surface area contributed by atoms with Gasteiger partial charge in [0.15, 0.2) is 5.79 Å². The number of hydrogen-bond acceptors (Lipinski definition) is 5. The summed E-state index contributed by atoms with van der Waals surface area (Å²) < 4.78 is 56.1. The van der Waals surface area contributed by atoms with Crippen LogP contribution in [0.15, 0.2) is 24.3 Å². The highest BCUT2D eigenvalue weighted by Gasteiger charge is 2.52. The Labute approximate surface area is 128 Å². The number of rotatable bonds is 4. The largest absolute Gasteiger partial charge is 0.338 e. The van der Waals surface area contributed by atoms with Crippen LogP contribution in [0.5, 0.6) is 0 Å². The van der Waals surface area contributed by atoms with E-state index in [1.54, 1.807) is 18.2 Å². The van der Waals surface area contributed by atoms with Gasteiger partial charge in [-0.1, -0.05) is 18.2 Å². The lowest BCUT2D eigenvalue weighted by atomic mass is 10.1. The van der Waals surface area contributed by atoms with Crippen molar-refractivity contribution in [1.82, 2.24) is 4.72 Å². The van der Waals surface area contributed by atoms with E-state index in [0.717, 1.165) is 12.8 Å². The van der Waals surface area contributed by atoms with Crippen molar-refractivity contribution < 1.29 is 26.5 Å². The number of halogens is 1. The fourth-order valence-corrected chi connectivity index (χ4v) is 3.38. The molecule has 2 atom stereocenters. The van der Waals surface area contributed by atoms with Crippen molar-refractivity contribution in [2.45, 2.75) is 43.9 Å². The third-order valence-corrected chi connectivity index (χ3v) is 4.91. The first-order valence-electron chi connectivity index (χ1n) is 7.16. The molecule has 122 valence electrons. The van der Waals surface area contributed by atoms with Crippen molar-refractivity contribution in [3.8, 4) is 0 Å². The summed E-state index contributed by atoms with van der Waals surface area (Å²) in [6.45, 7) is 0. The molecule has 1 saturated heterocycles. The maximum absolute atomic E-state index is 14.0. The van der Waals surface area contributed by atoms with Crippen LogP contribution >= 0.6 is 0 Å². The highest BCUT2D eigenvalue weighted by atomic mass is 32.2. The van der Waals surface area contributed by atoms with Gasteiger partial charge in [-0.3, -0.25) is 0 Å². The van der Waals surface area contributed by atoms with Gasteiger partial charge in [-0.05, 0) is 18.9 Å². The second-order valence-corrected chi connectivity index (χ2v) is 6.93. The Balaban J connectivity index is 1.92. The van der Waals surface area contributed by atoms with Crippen LogP contribution in [0.25, 0.3) is 0 Å². The second-order valence-electron chi connectivity index (χ2n) is 5.42. The van der Waals surface area contributed by atoms with Gasteiger partial charge in [0, 0.05) is 25.5 Å². The van der Waals surface area contributed by atoms with Gasteiger partial charge in [0.2, 0.25) is 6.29 Å². The van der Waals surface area contributed by atoms with E-state index in [1.165, 1.54) is 13.1 Å². The van der Waals surface area contributed by atoms with Gasteiger partial charge in [0.25, 0.3) is 0 Å². The summed E-state index contributed by atoms with van der Waals surface area (Å²) in [5.41, 5.74) is 0.225. The zero-order valence-electron chi connectivity index (χ0n) is 12.1. The standard InChI is InChI=1S/C14H18FNO5S/c1-16-22(17,18)21-13-12(10-6-2-3-7-11(10)15)19-14(20-13)8-4-5-9-14/h2-3,6-7,12-13,16H,4-5,8-9H2,1H3. The topological polar surface area (TPSA) is 73.9 Å². The fourth-order valence-electron chi connectivity index (χ4n) is 2.90. The van der Waals surface area contributed by atoms with E-state index in [1.807, 2.05) is 0 Å². The van der Waals surface area contributed by atoms with Gasteiger partial charge in [0.05, 0.1) is 0 Å². The molecule has 1 spiro atoms. The SMILES string of the molecule is CNS(=O)(=O)OC1OC2(CCCC2)OC1c1ccccc1F. The molecule has 1 aliphatic heterocycles. The molecule has 1 aromatic carbocycles. The molecule has 2 fully saturated rings. The molecule has 2 aliphatic rings. The van der Waals surface area contributed by atoms with Gasteiger partial charge in [-0.15, -0.1) is 0 Å². The first-order chi connectivity index (χ1) is 10.4. The highest BCUT2D eigenvalue weighted by molar-refractivity contribution is 7.84. The van der Waals surface area contributed by atoms with Crippen LogP contribution in [0.3, 0.4) is 0 Å². The number of ether oxygens (including phenoxy) is 2. The normalized spacial score (nSPS) is 27.5. The van der Waals surface area contributed by atoms with E-state index in [4.69, 9.17) is 13.7 Å². The first kappa shape index (κ1) is 15.8. The monoisotopic (exact) mass is 331 g/mol. The summed E-state index contributed by atoms with van der Waals surface area (Å²) in [5, 5.41) is 0. The van der Waals surface area contributed by atoms with Crippen LogP contribution in [0.2, 0.25) is 0 Å². The molecule has 0 amide bonds. The summed E-state index contributed by atoms with van der Waals surface area (Å²) in [4.78, 5) is 0. The molecule has 1 aromatic rings. The van der Waals surface area contributed by atoms with Gasteiger partial charge in [-0.2, -0.15) is 13.1 Å². The van der Waals surface area contributed by atoms with Crippen LogP contribution < -0.4 is 4.72 Å². The third kappa shape index (κ3) is 3.02. The molecule has 1 aliphatic carbocycles. The van der Waals surface area contributed by atoms with Crippen LogP contribution in [0.1, 0.15) is 37.4 Å². The van der Waals surface area contributed by atoms with Crippen molar-refractivity contribution in [1.29, 1.82) is 0 Å². The highest BCUT2D eigenvalue weighted by Crippen LogP contribution is 2.48. The third-order valence-electron chi connectivity index (χ3n) is 3.97. The predicted molar refractivity (Wildman–Crippen MR) is 75.4 cm³/mol. The molecule has 8 heteroatoms. The Bertz CT molecular complexity index is 644. The zero-order valence-corrected chi connectivity index (χ0v) is 12.9. The fraction of sp³-hybridized carbons (Fsp3) is 0.571. The summed E-state index contributed by atoms with van der Waals surface area (Å²) in [7, 11) is -2.75. The Morgan fingerprint density at radius 3 is 2.59 bits per heavy atom. The lowest BCUT2D eigenvalue weighted by Gasteiger charge is -2.21. The van der Waals surface area contributed by atoms with E-state index in [9.17, 15) is 12.8 Å². The van der Waals surface area contributed by atoms with Gasteiger partial charge < -0.3 is 9.47 Å². The molecule has 0 radical (unpaired) electrons. The quantitative estimate of drug-likeness (QED) is 0.913. The minimum absolute atomic E-state index is 0.225.